The second kappa shape index (κ2) is 5.03. The van der Waals surface area contributed by atoms with E-state index in [4.69, 9.17) is 16.3 Å². The monoisotopic (exact) mass is 265 g/mol. The Kier molecular flexibility index (Phi) is 4.29. The van der Waals surface area contributed by atoms with Gasteiger partial charge in [-0.05, 0) is 25.5 Å². The summed E-state index contributed by atoms with van der Waals surface area (Å²) in [6.45, 7) is 4.11. The molecule has 74 valence electrons. The average molecular weight is 267 g/mol. The van der Waals surface area contributed by atoms with E-state index in [9.17, 15) is 0 Å². The van der Waals surface area contributed by atoms with Gasteiger partial charge in [-0.2, -0.15) is 0 Å². The van der Waals surface area contributed by atoms with E-state index in [1.807, 2.05) is 25.3 Å². The SMILES string of the molecule is CCC(C)OC1C(Cl)=CC=CN1Br. The molecule has 0 radical (unpaired) electrons. The first-order valence-corrected chi connectivity index (χ1v) is 5.37. The second-order valence-corrected chi connectivity index (χ2v) is 4.20. The highest BCUT2D eigenvalue weighted by molar-refractivity contribution is 9.07. The fourth-order valence-electron chi connectivity index (χ4n) is 0.935. The first kappa shape index (κ1) is 11.1. The van der Waals surface area contributed by atoms with E-state index in [0.29, 0.717) is 5.03 Å². The summed E-state index contributed by atoms with van der Waals surface area (Å²) in [5.74, 6) is 0. The summed E-state index contributed by atoms with van der Waals surface area (Å²) in [5, 5.41) is 0.694. The smallest absolute Gasteiger partial charge is 0.176 e. The molecule has 0 aromatic heterocycles. The quantitative estimate of drug-likeness (QED) is 0.726. The number of hydrogen-bond donors (Lipinski definition) is 0. The van der Waals surface area contributed by atoms with Gasteiger partial charge in [-0.15, -0.1) is 0 Å². The summed E-state index contributed by atoms with van der Waals surface area (Å²) < 4.78 is 7.47. The van der Waals surface area contributed by atoms with Gasteiger partial charge in [0.25, 0.3) is 0 Å². The molecule has 2 atom stereocenters. The molecule has 2 nitrogen and oxygen atoms in total. The maximum Gasteiger partial charge on any atom is 0.176 e. The predicted molar refractivity (Wildman–Crippen MR) is 58.5 cm³/mol. The minimum atomic E-state index is -0.193. The molecule has 0 aromatic rings. The molecule has 0 aliphatic carbocycles. The second-order valence-electron chi connectivity index (χ2n) is 2.94. The van der Waals surface area contributed by atoms with Crippen molar-refractivity contribution >= 4 is 27.7 Å². The van der Waals surface area contributed by atoms with Crippen molar-refractivity contribution in [2.24, 2.45) is 0 Å². The summed E-state index contributed by atoms with van der Waals surface area (Å²) in [6.07, 6.45) is 6.57. The maximum absolute atomic E-state index is 5.99. The number of allylic oxidation sites excluding steroid dienone is 2. The summed E-state index contributed by atoms with van der Waals surface area (Å²) in [7, 11) is 0. The number of halogens is 2. The van der Waals surface area contributed by atoms with E-state index in [2.05, 4.69) is 23.1 Å². The minimum Gasteiger partial charge on any atom is -0.349 e. The van der Waals surface area contributed by atoms with Gasteiger partial charge in [-0.1, -0.05) is 18.5 Å². The van der Waals surface area contributed by atoms with Gasteiger partial charge in [0.15, 0.2) is 6.23 Å². The average Bonchev–Trinajstić information content (AvgIpc) is 2.11. The van der Waals surface area contributed by atoms with Crippen LogP contribution in [0.4, 0.5) is 0 Å². The lowest BCUT2D eigenvalue weighted by molar-refractivity contribution is -0.0183. The molecule has 0 amide bonds. The van der Waals surface area contributed by atoms with Crippen LogP contribution in [0.3, 0.4) is 0 Å². The van der Waals surface area contributed by atoms with Crippen molar-refractivity contribution < 1.29 is 4.74 Å². The standard InChI is InChI=1S/C9H13BrClNO/c1-3-7(2)13-9-8(11)5-4-6-12(9)10/h4-7,9H,3H2,1-2H3. The molecule has 2 unspecified atom stereocenters. The molecule has 0 spiro atoms. The van der Waals surface area contributed by atoms with Crippen LogP contribution >= 0.6 is 27.7 Å². The fourth-order valence-corrected chi connectivity index (χ4v) is 1.74. The first-order chi connectivity index (χ1) is 6.15. The Balaban J connectivity index is 2.58. The Labute approximate surface area is 92.5 Å². The third-order valence-corrected chi connectivity index (χ3v) is 2.80. The zero-order valence-electron chi connectivity index (χ0n) is 7.71. The molecule has 13 heavy (non-hydrogen) atoms. The van der Waals surface area contributed by atoms with Crippen LogP contribution in [0.25, 0.3) is 0 Å². The predicted octanol–water partition coefficient (Wildman–Crippen LogP) is 3.39. The summed E-state index contributed by atoms with van der Waals surface area (Å²) in [5.41, 5.74) is 0. The van der Waals surface area contributed by atoms with E-state index in [1.165, 1.54) is 0 Å². The molecule has 0 bridgehead atoms. The Bertz CT molecular complexity index is 230. The molecule has 0 N–H and O–H groups in total. The van der Waals surface area contributed by atoms with Crippen LogP contribution in [-0.4, -0.2) is 16.3 Å². The van der Waals surface area contributed by atoms with E-state index in [1.54, 1.807) is 3.93 Å². The number of ether oxygens (including phenoxy) is 1. The van der Waals surface area contributed by atoms with Crippen molar-refractivity contribution in [1.82, 2.24) is 3.93 Å². The summed E-state index contributed by atoms with van der Waals surface area (Å²) in [4.78, 5) is 0. The highest BCUT2D eigenvalue weighted by Gasteiger charge is 2.21. The molecule has 1 aliphatic rings. The van der Waals surface area contributed by atoms with E-state index >= 15 is 0 Å². The van der Waals surface area contributed by atoms with Gasteiger partial charge in [-0.25, -0.2) is 0 Å². The van der Waals surface area contributed by atoms with Crippen molar-refractivity contribution in [3.8, 4) is 0 Å². The Morgan fingerprint density at radius 2 is 2.46 bits per heavy atom. The zero-order valence-corrected chi connectivity index (χ0v) is 10.0. The first-order valence-electron chi connectivity index (χ1n) is 4.28. The highest BCUT2D eigenvalue weighted by atomic mass is 79.9. The summed E-state index contributed by atoms with van der Waals surface area (Å²) >= 11 is 9.34. The van der Waals surface area contributed by atoms with E-state index in [-0.39, 0.29) is 12.3 Å². The van der Waals surface area contributed by atoms with Crippen molar-refractivity contribution in [2.75, 3.05) is 0 Å². The van der Waals surface area contributed by atoms with Gasteiger partial charge in [0, 0.05) is 6.20 Å². The third kappa shape index (κ3) is 3.01. The topological polar surface area (TPSA) is 12.5 Å². The van der Waals surface area contributed by atoms with Crippen LogP contribution in [0.5, 0.6) is 0 Å². The molecule has 0 saturated carbocycles. The van der Waals surface area contributed by atoms with Gasteiger partial charge in [-0.3, -0.25) is 3.93 Å². The number of rotatable bonds is 3. The normalized spacial score (nSPS) is 24.5. The van der Waals surface area contributed by atoms with E-state index < -0.39 is 0 Å². The van der Waals surface area contributed by atoms with Gasteiger partial charge in [0.2, 0.25) is 0 Å². The Morgan fingerprint density at radius 1 is 1.77 bits per heavy atom. The van der Waals surface area contributed by atoms with Crippen LogP contribution in [0.15, 0.2) is 23.4 Å². The molecule has 1 heterocycles. The van der Waals surface area contributed by atoms with Crippen LogP contribution in [0.1, 0.15) is 20.3 Å². The molecule has 0 fully saturated rings. The molecule has 1 aliphatic heterocycles. The van der Waals surface area contributed by atoms with Gasteiger partial charge in [0.05, 0.1) is 27.3 Å². The largest absolute Gasteiger partial charge is 0.349 e. The van der Waals surface area contributed by atoms with Crippen molar-refractivity contribution in [2.45, 2.75) is 32.6 Å². The molecular weight excluding hydrogens is 253 g/mol. The van der Waals surface area contributed by atoms with Crippen molar-refractivity contribution in [3.63, 3.8) is 0 Å². The van der Waals surface area contributed by atoms with Crippen LogP contribution in [0, 0.1) is 0 Å². The Hall–Kier alpha value is 0.01000. The van der Waals surface area contributed by atoms with E-state index in [0.717, 1.165) is 6.42 Å². The van der Waals surface area contributed by atoms with Crippen molar-refractivity contribution in [3.05, 3.63) is 23.4 Å². The molecule has 1 rings (SSSR count). The van der Waals surface area contributed by atoms with Gasteiger partial charge >= 0.3 is 0 Å². The van der Waals surface area contributed by atoms with Crippen LogP contribution < -0.4 is 0 Å². The fraction of sp³-hybridized carbons (Fsp3) is 0.556. The maximum atomic E-state index is 5.99. The molecule has 4 heteroatoms. The van der Waals surface area contributed by atoms with Gasteiger partial charge < -0.3 is 4.74 Å². The zero-order chi connectivity index (χ0) is 9.84. The lowest BCUT2D eigenvalue weighted by Crippen LogP contribution is -2.31. The highest BCUT2D eigenvalue weighted by Crippen LogP contribution is 2.25. The number of nitrogens with zero attached hydrogens (tertiary/aromatic N) is 1. The molecule has 0 saturated heterocycles. The molecular formula is C9H13BrClNO. The minimum absolute atomic E-state index is 0.193. The van der Waals surface area contributed by atoms with Gasteiger partial charge in [0.1, 0.15) is 0 Å². The third-order valence-electron chi connectivity index (χ3n) is 1.88. The Morgan fingerprint density at radius 3 is 3.00 bits per heavy atom. The lowest BCUT2D eigenvalue weighted by atomic mass is 10.3. The van der Waals surface area contributed by atoms with Crippen LogP contribution in [0.2, 0.25) is 0 Å². The summed E-state index contributed by atoms with van der Waals surface area (Å²) in [6, 6.07) is 0. The van der Waals surface area contributed by atoms with Crippen LogP contribution in [-0.2, 0) is 4.74 Å². The molecule has 0 aromatic carbocycles. The van der Waals surface area contributed by atoms with Crippen molar-refractivity contribution in [1.29, 1.82) is 0 Å². The lowest BCUT2D eigenvalue weighted by Gasteiger charge is -2.28. The number of hydrogen-bond acceptors (Lipinski definition) is 2.